The second kappa shape index (κ2) is 5.77. The molecule has 0 saturated carbocycles. The number of aromatic nitrogens is 1. The first kappa shape index (κ1) is 13.3. The van der Waals surface area contributed by atoms with Crippen LogP contribution in [-0.4, -0.2) is 25.2 Å². The molecule has 0 atom stereocenters. The van der Waals surface area contributed by atoms with Gasteiger partial charge in [0.05, 0.1) is 36.7 Å². The van der Waals surface area contributed by atoms with Crippen LogP contribution in [0, 0.1) is 0 Å². The maximum absolute atomic E-state index is 5.60. The Labute approximate surface area is 119 Å². The molecule has 1 aliphatic heterocycles. The third-order valence-electron chi connectivity index (χ3n) is 3.67. The fraction of sp³-hybridized carbons (Fsp3) is 0.438. The summed E-state index contributed by atoms with van der Waals surface area (Å²) in [4.78, 5) is 4.88. The van der Waals surface area contributed by atoms with Crippen LogP contribution in [0.2, 0.25) is 0 Å². The van der Waals surface area contributed by atoms with Crippen LogP contribution in [0.15, 0.2) is 18.2 Å². The Hall–Kier alpha value is -1.65. The zero-order valence-electron chi connectivity index (χ0n) is 12.0. The van der Waals surface area contributed by atoms with Crippen LogP contribution in [0.1, 0.15) is 23.7 Å². The molecule has 4 nitrogen and oxygen atoms in total. The highest BCUT2D eigenvalue weighted by Gasteiger charge is 2.19. The summed E-state index contributed by atoms with van der Waals surface area (Å²) < 4.78 is 10.9. The average molecular weight is 272 g/mol. The number of fused-ring (bicyclic) bond motifs is 2. The monoisotopic (exact) mass is 272 g/mol. The van der Waals surface area contributed by atoms with E-state index >= 15 is 0 Å². The van der Waals surface area contributed by atoms with Crippen LogP contribution < -0.4 is 5.32 Å². The molecule has 106 valence electrons. The van der Waals surface area contributed by atoms with Crippen molar-refractivity contribution in [2.45, 2.75) is 26.6 Å². The fourth-order valence-corrected chi connectivity index (χ4v) is 2.79. The van der Waals surface area contributed by atoms with Gasteiger partial charge in [-0.1, -0.05) is 18.2 Å². The normalized spacial score (nSPS) is 14.3. The van der Waals surface area contributed by atoms with Gasteiger partial charge in [-0.15, -0.1) is 0 Å². The quantitative estimate of drug-likeness (QED) is 0.929. The molecule has 0 spiro atoms. The molecule has 4 heteroatoms. The van der Waals surface area contributed by atoms with E-state index in [0.717, 1.165) is 41.7 Å². The fourth-order valence-electron chi connectivity index (χ4n) is 2.79. The molecule has 20 heavy (non-hydrogen) atoms. The lowest BCUT2D eigenvalue weighted by atomic mass is 10.0. The summed E-state index contributed by atoms with van der Waals surface area (Å²) in [5.41, 5.74) is 5.72. The number of pyridine rings is 1. The van der Waals surface area contributed by atoms with Crippen LogP contribution in [-0.2, 0) is 29.1 Å². The van der Waals surface area contributed by atoms with Gasteiger partial charge in [-0.2, -0.15) is 0 Å². The van der Waals surface area contributed by atoms with Gasteiger partial charge in [0, 0.05) is 36.6 Å². The Kier molecular flexibility index (Phi) is 3.85. The number of methoxy groups -OCH3 is 1. The Balaban J connectivity index is 2.26. The van der Waals surface area contributed by atoms with E-state index in [9.17, 15) is 0 Å². The van der Waals surface area contributed by atoms with E-state index in [1.807, 2.05) is 0 Å². The van der Waals surface area contributed by atoms with Crippen LogP contribution >= 0.6 is 0 Å². The third-order valence-corrected chi connectivity index (χ3v) is 3.67. The van der Waals surface area contributed by atoms with Gasteiger partial charge in [0.25, 0.3) is 0 Å². The first-order valence-corrected chi connectivity index (χ1v) is 7.09. The van der Waals surface area contributed by atoms with E-state index in [-0.39, 0.29) is 0 Å². The second-order valence-electron chi connectivity index (χ2n) is 4.99. The molecule has 0 fully saturated rings. The number of para-hydroxylation sites is 1. The predicted molar refractivity (Wildman–Crippen MR) is 80.0 cm³/mol. The Morgan fingerprint density at radius 3 is 3.10 bits per heavy atom. The van der Waals surface area contributed by atoms with E-state index in [0.29, 0.717) is 13.2 Å². The van der Waals surface area contributed by atoms with Gasteiger partial charge in [-0.3, -0.25) is 4.98 Å². The van der Waals surface area contributed by atoms with Crippen molar-refractivity contribution in [1.82, 2.24) is 4.98 Å². The summed E-state index contributed by atoms with van der Waals surface area (Å²) in [6, 6.07) is 6.27. The highest BCUT2D eigenvalue weighted by atomic mass is 16.5. The summed E-state index contributed by atoms with van der Waals surface area (Å²) in [7, 11) is 1.72. The van der Waals surface area contributed by atoms with Crippen molar-refractivity contribution in [3.63, 3.8) is 0 Å². The largest absolute Gasteiger partial charge is 0.384 e. The summed E-state index contributed by atoms with van der Waals surface area (Å²) in [5.74, 6) is 0. The maximum atomic E-state index is 5.60. The van der Waals surface area contributed by atoms with Crippen molar-refractivity contribution in [2.24, 2.45) is 0 Å². The molecular weight excluding hydrogens is 252 g/mol. The van der Waals surface area contributed by atoms with Crippen molar-refractivity contribution in [3.05, 3.63) is 35.0 Å². The molecule has 0 radical (unpaired) electrons. The van der Waals surface area contributed by atoms with Crippen molar-refractivity contribution in [3.8, 4) is 0 Å². The molecule has 0 saturated heterocycles. The number of nitrogens with one attached hydrogen (secondary N) is 1. The zero-order valence-corrected chi connectivity index (χ0v) is 12.0. The minimum atomic E-state index is 0.588. The van der Waals surface area contributed by atoms with Gasteiger partial charge in [-0.05, 0) is 6.92 Å². The highest BCUT2D eigenvalue weighted by Crippen LogP contribution is 2.33. The standard InChI is InChI=1S/C16H20N2O2/c1-3-17-16-12-6-4-5-11(9-19-2)15(12)18-14-7-8-20-10-13(14)16/h4-6H,3,7-10H2,1-2H3,(H,17,18). The molecule has 2 aromatic rings. The SMILES string of the molecule is CCNc1c2c(nc3c(COC)cccc13)CCOC2. The van der Waals surface area contributed by atoms with Crippen molar-refractivity contribution in [2.75, 3.05) is 25.6 Å². The van der Waals surface area contributed by atoms with Crippen LogP contribution in [0.4, 0.5) is 5.69 Å². The van der Waals surface area contributed by atoms with Crippen LogP contribution in [0.5, 0.6) is 0 Å². The van der Waals surface area contributed by atoms with Gasteiger partial charge in [0.1, 0.15) is 0 Å². The molecule has 1 aromatic carbocycles. The average Bonchev–Trinajstić information content (AvgIpc) is 2.48. The summed E-state index contributed by atoms with van der Waals surface area (Å²) in [6.07, 6.45) is 0.880. The summed E-state index contributed by atoms with van der Waals surface area (Å²) in [5, 5.41) is 4.65. The Morgan fingerprint density at radius 2 is 2.30 bits per heavy atom. The smallest absolute Gasteiger partial charge is 0.0781 e. The molecule has 2 heterocycles. The van der Waals surface area contributed by atoms with Crippen molar-refractivity contribution in [1.29, 1.82) is 0 Å². The predicted octanol–water partition coefficient (Wildman–Crippen LogP) is 2.89. The molecular formula is C16H20N2O2. The molecule has 0 bridgehead atoms. The molecule has 1 aliphatic rings. The summed E-state index contributed by atoms with van der Waals surface area (Å²) in [6.45, 7) is 4.99. The van der Waals surface area contributed by atoms with Gasteiger partial charge in [0.2, 0.25) is 0 Å². The number of rotatable bonds is 4. The van der Waals surface area contributed by atoms with Crippen molar-refractivity contribution >= 4 is 16.6 Å². The summed E-state index contributed by atoms with van der Waals surface area (Å²) >= 11 is 0. The number of benzene rings is 1. The van der Waals surface area contributed by atoms with Gasteiger partial charge >= 0.3 is 0 Å². The molecule has 0 unspecified atom stereocenters. The lowest BCUT2D eigenvalue weighted by Crippen LogP contribution is -2.16. The second-order valence-corrected chi connectivity index (χ2v) is 4.99. The number of ether oxygens (including phenoxy) is 2. The van der Waals surface area contributed by atoms with Gasteiger partial charge < -0.3 is 14.8 Å². The van der Waals surface area contributed by atoms with E-state index in [1.54, 1.807) is 7.11 Å². The lowest BCUT2D eigenvalue weighted by Gasteiger charge is -2.22. The number of hydrogen-bond donors (Lipinski definition) is 1. The van der Waals surface area contributed by atoms with E-state index in [2.05, 4.69) is 30.4 Å². The topological polar surface area (TPSA) is 43.4 Å². The number of hydrogen-bond acceptors (Lipinski definition) is 4. The minimum Gasteiger partial charge on any atom is -0.384 e. The Bertz CT molecular complexity index is 625. The number of anilines is 1. The lowest BCUT2D eigenvalue weighted by molar-refractivity contribution is 0.110. The molecule has 1 aromatic heterocycles. The Morgan fingerprint density at radius 1 is 1.40 bits per heavy atom. The first-order chi connectivity index (χ1) is 9.85. The van der Waals surface area contributed by atoms with E-state index < -0.39 is 0 Å². The van der Waals surface area contributed by atoms with Gasteiger partial charge in [0.15, 0.2) is 0 Å². The van der Waals surface area contributed by atoms with Crippen LogP contribution in [0.3, 0.4) is 0 Å². The van der Waals surface area contributed by atoms with Gasteiger partial charge in [-0.25, -0.2) is 0 Å². The zero-order chi connectivity index (χ0) is 13.9. The molecule has 3 rings (SSSR count). The van der Waals surface area contributed by atoms with Crippen molar-refractivity contribution < 1.29 is 9.47 Å². The van der Waals surface area contributed by atoms with Crippen LogP contribution in [0.25, 0.3) is 10.9 Å². The van der Waals surface area contributed by atoms with E-state index in [4.69, 9.17) is 14.5 Å². The number of nitrogens with zero attached hydrogens (tertiary/aromatic N) is 1. The first-order valence-electron chi connectivity index (χ1n) is 7.09. The third kappa shape index (κ3) is 2.25. The molecule has 0 aliphatic carbocycles. The maximum Gasteiger partial charge on any atom is 0.0781 e. The molecule has 1 N–H and O–H groups in total. The van der Waals surface area contributed by atoms with E-state index in [1.165, 1.54) is 11.3 Å². The minimum absolute atomic E-state index is 0.588. The highest BCUT2D eigenvalue weighted by molar-refractivity contribution is 5.95. The molecule has 0 amide bonds.